The molecule has 0 aliphatic carbocycles. The minimum atomic E-state index is -0.323. The number of hydroxylamine groups is 2. The predicted molar refractivity (Wildman–Crippen MR) is 83.7 cm³/mol. The van der Waals surface area contributed by atoms with Gasteiger partial charge in [0.15, 0.2) is 0 Å². The Hall–Kier alpha value is -0.690. The third-order valence-corrected chi connectivity index (χ3v) is 4.35. The van der Waals surface area contributed by atoms with Crippen LogP contribution in [-0.4, -0.2) is 59.7 Å². The van der Waals surface area contributed by atoms with Crippen molar-refractivity contribution in [2.45, 2.75) is 83.5 Å². The average molecular weight is 327 g/mol. The Labute approximate surface area is 138 Å². The van der Waals surface area contributed by atoms with E-state index in [0.717, 1.165) is 6.42 Å². The number of carbonyl (C=O) groups is 1. The lowest BCUT2D eigenvalue weighted by molar-refractivity contribution is -0.180. The van der Waals surface area contributed by atoms with E-state index in [1.165, 1.54) is 0 Å². The summed E-state index contributed by atoms with van der Waals surface area (Å²) < 4.78 is 17.8. The molecule has 6 heteroatoms. The molecular formula is C17H29NO5. The Morgan fingerprint density at radius 1 is 1.09 bits per heavy atom. The van der Waals surface area contributed by atoms with E-state index < -0.39 is 0 Å². The van der Waals surface area contributed by atoms with E-state index in [4.69, 9.17) is 19.0 Å². The summed E-state index contributed by atoms with van der Waals surface area (Å²) in [6.45, 7) is 13.2. The zero-order valence-corrected chi connectivity index (χ0v) is 15.0. The molecule has 0 aromatic carbocycles. The molecule has 0 N–H and O–H groups in total. The zero-order valence-electron chi connectivity index (χ0n) is 15.0. The van der Waals surface area contributed by atoms with Gasteiger partial charge in [-0.1, -0.05) is 0 Å². The number of fused-ring (bicyclic) bond motifs is 3. The highest BCUT2D eigenvalue weighted by Gasteiger charge is 2.60. The van der Waals surface area contributed by atoms with Gasteiger partial charge in [0.05, 0.1) is 36.5 Å². The van der Waals surface area contributed by atoms with Crippen molar-refractivity contribution in [1.29, 1.82) is 0 Å². The topological polar surface area (TPSA) is 57.2 Å². The van der Waals surface area contributed by atoms with Gasteiger partial charge in [-0.3, -0.25) is 9.63 Å². The fourth-order valence-corrected chi connectivity index (χ4v) is 3.75. The molecule has 5 atom stereocenters. The number of carbonyl (C=O) groups excluding carboxylic acids is 1. The number of ether oxygens (including phenoxy) is 3. The van der Waals surface area contributed by atoms with Crippen LogP contribution >= 0.6 is 0 Å². The summed E-state index contributed by atoms with van der Waals surface area (Å²) in [6.07, 6.45) is 0.309. The lowest BCUT2D eigenvalue weighted by Gasteiger charge is -2.36. The Morgan fingerprint density at radius 2 is 1.74 bits per heavy atom. The molecule has 6 nitrogen and oxygen atoms in total. The van der Waals surface area contributed by atoms with Crippen molar-refractivity contribution >= 4 is 5.97 Å². The molecule has 0 saturated carbocycles. The van der Waals surface area contributed by atoms with Gasteiger partial charge < -0.3 is 14.2 Å². The largest absolute Gasteiger partial charge is 0.465 e. The summed E-state index contributed by atoms with van der Waals surface area (Å²) in [4.78, 5) is 18.3. The van der Waals surface area contributed by atoms with Crippen LogP contribution in [0.4, 0.5) is 0 Å². The van der Waals surface area contributed by atoms with Crippen molar-refractivity contribution in [1.82, 2.24) is 5.06 Å². The minimum Gasteiger partial charge on any atom is -0.465 e. The molecule has 3 saturated heterocycles. The number of esters is 1. The Balaban J connectivity index is 1.85. The van der Waals surface area contributed by atoms with Crippen LogP contribution in [0.5, 0.6) is 0 Å². The van der Waals surface area contributed by atoms with Crippen LogP contribution in [0, 0.1) is 5.92 Å². The Bertz CT molecular complexity index is 467. The van der Waals surface area contributed by atoms with Gasteiger partial charge in [0.2, 0.25) is 0 Å². The summed E-state index contributed by atoms with van der Waals surface area (Å²) in [5.74, 6) is -0.461. The van der Waals surface area contributed by atoms with Gasteiger partial charge in [-0.2, -0.15) is 5.06 Å². The fourth-order valence-electron chi connectivity index (χ4n) is 3.75. The second-order valence-electron chi connectivity index (χ2n) is 8.68. The van der Waals surface area contributed by atoms with Crippen molar-refractivity contribution in [2.75, 3.05) is 13.2 Å². The summed E-state index contributed by atoms with van der Waals surface area (Å²) in [6, 6.07) is -0.139. The van der Waals surface area contributed by atoms with Crippen LogP contribution in [0.25, 0.3) is 0 Å². The minimum absolute atomic E-state index is 0.0945. The molecule has 132 valence electrons. The zero-order chi connectivity index (χ0) is 17.0. The van der Waals surface area contributed by atoms with Crippen LogP contribution in [-0.2, 0) is 23.8 Å². The summed E-state index contributed by atoms with van der Waals surface area (Å²) in [5, 5.41) is 1.90. The number of hydrogen-bond donors (Lipinski definition) is 0. The van der Waals surface area contributed by atoms with Gasteiger partial charge in [-0.25, -0.2) is 0 Å². The van der Waals surface area contributed by atoms with E-state index >= 15 is 0 Å². The van der Waals surface area contributed by atoms with Crippen LogP contribution in [0.2, 0.25) is 0 Å². The number of cyclic esters (lactones) is 1. The van der Waals surface area contributed by atoms with E-state index in [2.05, 4.69) is 0 Å². The molecule has 0 unspecified atom stereocenters. The van der Waals surface area contributed by atoms with Crippen molar-refractivity contribution < 1.29 is 23.8 Å². The van der Waals surface area contributed by atoms with Crippen LogP contribution in [0.3, 0.4) is 0 Å². The molecule has 0 aromatic heterocycles. The van der Waals surface area contributed by atoms with Crippen LogP contribution in [0.15, 0.2) is 0 Å². The monoisotopic (exact) mass is 327 g/mol. The van der Waals surface area contributed by atoms with E-state index in [-0.39, 0.29) is 47.4 Å². The Morgan fingerprint density at radius 3 is 2.35 bits per heavy atom. The maximum Gasteiger partial charge on any atom is 0.313 e. The molecule has 0 radical (unpaired) electrons. The smallest absolute Gasteiger partial charge is 0.313 e. The molecule has 3 aliphatic heterocycles. The lowest BCUT2D eigenvalue weighted by Crippen LogP contribution is -2.49. The van der Waals surface area contributed by atoms with Gasteiger partial charge in [-0.15, -0.1) is 0 Å². The molecule has 0 aromatic rings. The highest BCUT2D eigenvalue weighted by atomic mass is 16.7. The highest BCUT2D eigenvalue weighted by Crippen LogP contribution is 2.43. The van der Waals surface area contributed by atoms with Crippen molar-refractivity contribution in [3.63, 3.8) is 0 Å². The summed E-state index contributed by atoms with van der Waals surface area (Å²) in [7, 11) is 0. The average Bonchev–Trinajstić information content (AvgIpc) is 2.84. The second-order valence-corrected chi connectivity index (χ2v) is 8.68. The molecule has 23 heavy (non-hydrogen) atoms. The normalized spacial score (nSPS) is 38.3. The maximum atomic E-state index is 12.3. The van der Waals surface area contributed by atoms with Gasteiger partial charge >= 0.3 is 5.97 Å². The lowest BCUT2D eigenvalue weighted by atomic mass is 9.88. The number of nitrogens with zero attached hydrogens (tertiary/aromatic N) is 1. The van der Waals surface area contributed by atoms with E-state index in [1.54, 1.807) is 0 Å². The van der Waals surface area contributed by atoms with Gasteiger partial charge in [0.1, 0.15) is 18.1 Å². The standard InChI is InChI=1S/C17H29NO5/c1-16(2,3)21-11-9-18-13(14(11)22-17(4,5)6)12-10(23-18)7-8-20-15(12)19/h10-14H,7-9H2,1-6H3/t10-,11-,12+,13+,14+/m0/s1. The van der Waals surface area contributed by atoms with Crippen molar-refractivity contribution in [3.8, 4) is 0 Å². The van der Waals surface area contributed by atoms with Crippen LogP contribution < -0.4 is 0 Å². The van der Waals surface area contributed by atoms with Gasteiger partial charge in [0.25, 0.3) is 0 Å². The fraction of sp³-hybridized carbons (Fsp3) is 0.941. The molecule has 0 spiro atoms. The van der Waals surface area contributed by atoms with Crippen molar-refractivity contribution in [3.05, 3.63) is 0 Å². The predicted octanol–water partition coefficient (Wildman–Crippen LogP) is 1.91. The Kier molecular flexibility index (Phi) is 4.24. The second kappa shape index (κ2) is 5.69. The van der Waals surface area contributed by atoms with E-state index in [1.807, 2.05) is 46.6 Å². The molecule has 3 rings (SSSR count). The van der Waals surface area contributed by atoms with Crippen LogP contribution in [0.1, 0.15) is 48.0 Å². The SMILES string of the molecule is CC(C)(C)O[C@H]1[C@H]2[C@@H]3C(=O)OCC[C@@H]3ON2C[C@@H]1OC(C)(C)C. The quantitative estimate of drug-likeness (QED) is 0.722. The highest BCUT2D eigenvalue weighted by molar-refractivity contribution is 5.75. The van der Waals surface area contributed by atoms with E-state index in [9.17, 15) is 4.79 Å². The molecule has 3 heterocycles. The molecule has 3 aliphatic rings. The first-order valence-electron chi connectivity index (χ1n) is 8.51. The van der Waals surface area contributed by atoms with Gasteiger partial charge in [-0.05, 0) is 41.5 Å². The van der Waals surface area contributed by atoms with Crippen molar-refractivity contribution in [2.24, 2.45) is 5.92 Å². The third kappa shape index (κ3) is 3.55. The first-order chi connectivity index (χ1) is 10.6. The molecule has 0 bridgehead atoms. The summed E-state index contributed by atoms with van der Waals surface area (Å²) in [5.41, 5.74) is -0.604. The molecular weight excluding hydrogens is 298 g/mol. The number of hydrogen-bond acceptors (Lipinski definition) is 6. The molecule has 3 fully saturated rings. The van der Waals surface area contributed by atoms with Gasteiger partial charge in [0, 0.05) is 6.42 Å². The van der Waals surface area contributed by atoms with E-state index in [0.29, 0.717) is 13.2 Å². The first kappa shape index (κ1) is 17.1. The maximum absolute atomic E-state index is 12.3. The summed E-state index contributed by atoms with van der Waals surface area (Å²) >= 11 is 0. The number of rotatable bonds is 2. The first-order valence-corrected chi connectivity index (χ1v) is 8.51. The third-order valence-electron chi connectivity index (χ3n) is 4.35. The molecule has 0 amide bonds.